The highest BCUT2D eigenvalue weighted by Gasteiger charge is 2.42. The molecule has 0 radical (unpaired) electrons. The van der Waals surface area contributed by atoms with Crippen molar-refractivity contribution in [2.45, 2.75) is 69.9 Å². The zero-order valence-corrected chi connectivity index (χ0v) is 34.4. The maximum atomic E-state index is 13.2. The van der Waals surface area contributed by atoms with Gasteiger partial charge in [-0.15, -0.1) is 0 Å². The first kappa shape index (κ1) is 42.1. The standard InChI is InChI=1S/C24H25ClFN3O2.C22H23ClFN3O/c1-16(30)27-23-12-19(25)6-4-18(23)5-11-24(31)29-21-9-10-22(29)15-28(14-21)13-17-2-7-20(26)8-3-17;23-17-5-3-16(21(25)11-17)4-10-22(28)27-19-8-9-20(27)14-26(13-19)12-15-1-6-18(24)7-2-15/h2-8,11-12,21-22H,9-10,13-15H2,1H3,(H,27,30);1-7,10-11,19-20H,8-9,12-14,25H2/b11-5+;10-4+. The molecule has 9 nitrogen and oxygen atoms in total. The topological polar surface area (TPSA) is 102 Å². The van der Waals surface area contributed by atoms with Crippen molar-refractivity contribution in [1.82, 2.24) is 19.6 Å². The van der Waals surface area contributed by atoms with Crippen LogP contribution in [0.3, 0.4) is 0 Å². The SMILES string of the molecule is CC(=O)Nc1cc(Cl)ccc1/C=C/C(=O)N1C2CCC1CN(Cc1ccc(F)cc1)C2.Nc1cc(Cl)ccc1/C=C/C(=O)N1C2CCC1CN(Cc1ccc(F)cc1)C2. The summed E-state index contributed by atoms with van der Waals surface area (Å²) >= 11 is 12.0. The maximum absolute atomic E-state index is 13.2. The fourth-order valence-corrected chi connectivity index (χ4v) is 9.17. The number of nitrogens with one attached hydrogen (secondary N) is 1. The molecule has 4 fully saturated rings. The monoisotopic (exact) mass is 840 g/mol. The Balaban J connectivity index is 0.000000180. The molecule has 8 rings (SSSR count). The molecule has 308 valence electrons. The Kier molecular flexibility index (Phi) is 13.5. The number of carbonyl (C=O) groups excluding carboxylic acids is 3. The summed E-state index contributed by atoms with van der Waals surface area (Å²) in [4.78, 5) is 46.0. The molecular weight excluding hydrogens is 793 g/mol. The Hall–Kier alpha value is -5.07. The van der Waals surface area contributed by atoms with Crippen molar-refractivity contribution in [3.8, 4) is 0 Å². The van der Waals surface area contributed by atoms with Gasteiger partial charge in [-0.05, 0) is 109 Å². The van der Waals surface area contributed by atoms with E-state index in [0.29, 0.717) is 21.4 Å². The van der Waals surface area contributed by atoms with Gasteiger partial charge in [0, 0.05) is 104 Å². The molecule has 0 aromatic heterocycles. The third-order valence-corrected chi connectivity index (χ3v) is 11.9. The van der Waals surface area contributed by atoms with Crippen LogP contribution in [0.4, 0.5) is 20.2 Å². The van der Waals surface area contributed by atoms with Crippen molar-refractivity contribution in [2.75, 3.05) is 37.2 Å². The highest BCUT2D eigenvalue weighted by Crippen LogP contribution is 2.33. The maximum Gasteiger partial charge on any atom is 0.247 e. The number of benzene rings is 4. The van der Waals surface area contributed by atoms with E-state index in [1.54, 1.807) is 54.6 Å². The van der Waals surface area contributed by atoms with Crippen molar-refractivity contribution >= 4 is 64.5 Å². The van der Waals surface area contributed by atoms with Crippen LogP contribution in [0.25, 0.3) is 12.2 Å². The lowest BCUT2D eigenvalue weighted by Gasteiger charge is -2.40. The molecule has 3 amide bonds. The molecule has 4 bridgehead atoms. The van der Waals surface area contributed by atoms with Crippen LogP contribution in [-0.2, 0) is 27.5 Å². The van der Waals surface area contributed by atoms with Gasteiger partial charge in [0.1, 0.15) is 11.6 Å². The molecule has 4 atom stereocenters. The number of hydrogen-bond acceptors (Lipinski definition) is 6. The predicted octanol–water partition coefficient (Wildman–Crippen LogP) is 8.28. The first-order valence-electron chi connectivity index (χ1n) is 19.9. The van der Waals surface area contributed by atoms with Crippen LogP contribution in [0, 0.1) is 11.6 Å². The number of fused-ring (bicyclic) bond motifs is 4. The number of rotatable bonds is 9. The van der Waals surface area contributed by atoms with E-state index in [1.807, 2.05) is 40.1 Å². The number of likely N-dealkylation sites (tertiary alicyclic amines) is 2. The van der Waals surface area contributed by atoms with Crippen molar-refractivity contribution < 1.29 is 23.2 Å². The Labute approximate surface area is 354 Å². The number of carbonyl (C=O) groups is 3. The van der Waals surface area contributed by atoms with Crippen LogP contribution < -0.4 is 11.1 Å². The Morgan fingerprint density at radius 1 is 0.644 bits per heavy atom. The smallest absolute Gasteiger partial charge is 0.247 e. The van der Waals surface area contributed by atoms with E-state index in [4.69, 9.17) is 28.9 Å². The number of nitrogens with two attached hydrogens (primary N) is 1. The van der Waals surface area contributed by atoms with Crippen LogP contribution in [0.15, 0.2) is 97.1 Å². The molecule has 4 aromatic carbocycles. The van der Waals surface area contributed by atoms with Crippen molar-refractivity contribution in [3.63, 3.8) is 0 Å². The van der Waals surface area contributed by atoms with E-state index in [2.05, 4.69) is 15.1 Å². The van der Waals surface area contributed by atoms with Crippen molar-refractivity contribution in [1.29, 1.82) is 0 Å². The highest BCUT2D eigenvalue weighted by atomic mass is 35.5. The van der Waals surface area contributed by atoms with Gasteiger partial charge in [-0.1, -0.05) is 59.6 Å². The van der Waals surface area contributed by atoms with Crippen LogP contribution >= 0.6 is 23.2 Å². The Bertz CT molecular complexity index is 2190. The van der Waals surface area contributed by atoms with Gasteiger partial charge in [0.2, 0.25) is 17.7 Å². The number of nitrogens with zero attached hydrogens (tertiary/aromatic N) is 4. The molecule has 13 heteroatoms. The lowest BCUT2D eigenvalue weighted by molar-refractivity contribution is -0.132. The quantitative estimate of drug-likeness (QED) is 0.130. The minimum absolute atomic E-state index is 0.0161. The summed E-state index contributed by atoms with van der Waals surface area (Å²) in [6.07, 6.45) is 10.7. The Morgan fingerprint density at radius 2 is 1.05 bits per heavy atom. The number of hydrogen-bond donors (Lipinski definition) is 2. The summed E-state index contributed by atoms with van der Waals surface area (Å²) in [5.74, 6) is -0.625. The molecule has 4 aromatic rings. The zero-order chi connectivity index (χ0) is 41.6. The van der Waals surface area contributed by atoms with Gasteiger partial charge < -0.3 is 20.9 Å². The van der Waals surface area contributed by atoms with E-state index in [-0.39, 0.29) is 53.5 Å². The summed E-state index contributed by atoms with van der Waals surface area (Å²) < 4.78 is 26.3. The molecule has 0 aliphatic carbocycles. The lowest BCUT2D eigenvalue weighted by Crippen LogP contribution is -2.55. The third kappa shape index (κ3) is 10.8. The normalized spacial score (nSPS) is 21.5. The second-order valence-corrected chi connectivity index (χ2v) is 16.6. The molecule has 4 heterocycles. The Morgan fingerprint density at radius 3 is 1.47 bits per heavy atom. The molecule has 4 aliphatic rings. The number of halogens is 4. The zero-order valence-electron chi connectivity index (χ0n) is 32.9. The van der Waals surface area contributed by atoms with Gasteiger partial charge in [-0.2, -0.15) is 0 Å². The fraction of sp³-hybridized carbons (Fsp3) is 0.326. The first-order chi connectivity index (χ1) is 28.4. The molecule has 0 saturated carbocycles. The second-order valence-electron chi connectivity index (χ2n) is 15.8. The molecule has 0 spiro atoms. The molecule has 4 aliphatic heterocycles. The molecule has 4 saturated heterocycles. The van der Waals surface area contributed by atoms with Crippen LogP contribution in [0.5, 0.6) is 0 Å². The second kappa shape index (κ2) is 18.9. The van der Waals surface area contributed by atoms with Gasteiger partial charge >= 0.3 is 0 Å². The number of amides is 3. The summed E-state index contributed by atoms with van der Waals surface area (Å²) in [7, 11) is 0. The largest absolute Gasteiger partial charge is 0.398 e. The van der Waals surface area contributed by atoms with Crippen LogP contribution in [-0.4, -0.2) is 87.7 Å². The summed E-state index contributed by atoms with van der Waals surface area (Å²) in [6.45, 7) is 6.29. The van der Waals surface area contributed by atoms with Crippen molar-refractivity contribution in [2.24, 2.45) is 0 Å². The average Bonchev–Trinajstić information content (AvgIpc) is 3.63. The van der Waals surface area contributed by atoms with E-state index in [0.717, 1.165) is 87.2 Å². The van der Waals surface area contributed by atoms with Gasteiger partial charge in [0.15, 0.2) is 0 Å². The predicted molar refractivity (Wildman–Crippen MR) is 230 cm³/mol. The summed E-state index contributed by atoms with van der Waals surface area (Å²) in [5.41, 5.74) is 10.8. The number of nitrogen functional groups attached to an aromatic ring is 1. The van der Waals surface area contributed by atoms with Gasteiger partial charge in [0.05, 0.1) is 0 Å². The fourth-order valence-electron chi connectivity index (χ4n) is 8.82. The lowest BCUT2D eigenvalue weighted by atomic mass is 10.1. The number of piperazine rings is 2. The van der Waals surface area contributed by atoms with E-state index in [9.17, 15) is 23.2 Å². The van der Waals surface area contributed by atoms with E-state index >= 15 is 0 Å². The van der Waals surface area contributed by atoms with E-state index < -0.39 is 0 Å². The molecular formula is C46H48Cl2F2N6O3. The number of anilines is 2. The molecule has 3 N–H and O–H groups in total. The summed E-state index contributed by atoms with van der Waals surface area (Å²) in [6, 6.07) is 24.5. The van der Waals surface area contributed by atoms with Crippen LogP contribution in [0.2, 0.25) is 10.0 Å². The average molecular weight is 842 g/mol. The van der Waals surface area contributed by atoms with Crippen molar-refractivity contribution in [3.05, 3.63) is 141 Å². The minimum atomic E-state index is -0.228. The first-order valence-corrected chi connectivity index (χ1v) is 20.7. The van der Waals surface area contributed by atoms with Gasteiger partial charge in [-0.3, -0.25) is 24.2 Å². The van der Waals surface area contributed by atoms with E-state index in [1.165, 1.54) is 31.2 Å². The highest BCUT2D eigenvalue weighted by molar-refractivity contribution is 6.31. The molecule has 59 heavy (non-hydrogen) atoms. The van der Waals surface area contributed by atoms with Crippen LogP contribution in [0.1, 0.15) is 54.9 Å². The minimum Gasteiger partial charge on any atom is -0.398 e. The summed E-state index contributed by atoms with van der Waals surface area (Å²) in [5, 5.41) is 3.85. The van der Waals surface area contributed by atoms with Gasteiger partial charge in [-0.25, -0.2) is 8.78 Å². The third-order valence-electron chi connectivity index (χ3n) is 11.4. The molecule has 4 unspecified atom stereocenters. The van der Waals surface area contributed by atoms with Gasteiger partial charge in [0.25, 0.3) is 0 Å².